The van der Waals surface area contributed by atoms with Gasteiger partial charge in [0.05, 0.1) is 0 Å². The zero-order chi connectivity index (χ0) is 22.2. The first-order valence-corrected chi connectivity index (χ1v) is 11.4. The van der Waals surface area contributed by atoms with Crippen LogP contribution in [0.25, 0.3) is 11.0 Å². The smallest absolute Gasteiger partial charge is 0.247 e. The second-order valence-electron chi connectivity index (χ2n) is 8.87. The van der Waals surface area contributed by atoms with Gasteiger partial charge in [-0.15, -0.1) is 0 Å². The van der Waals surface area contributed by atoms with Crippen LogP contribution in [0.4, 0.5) is 0 Å². The Labute approximate surface area is 188 Å². The van der Waals surface area contributed by atoms with Crippen LogP contribution in [0.2, 0.25) is 0 Å². The zero-order valence-corrected chi connectivity index (χ0v) is 18.7. The second-order valence-corrected chi connectivity index (χ2v) is 8.87. The van der Waals surface area contributed by atoms with Crippen LogP contribution in [0.1, 0.15) is 29.4 Å². The van der Waals surface area contributed by atoms with Crippen LogP contribution < -0.4 is 0 Å². The Hall–Kier alpha value is -3.12. The van der Waals surface area contributed by atoms with Crippen LogP contribution in [0, 0.1) is 6.92 Å². The Bertz CT molecular complexity index is 1150. The van der Waals surface area contributed by atoms with Gasteiger partial charge in [-0.25, -0.2) is 0 Å². The number of fused-ring (bicyclic) bond motifs is 2. The molecule has 6 nitrogen and oxygen atoms in total. The minimum absolute atomic E-state index is 0.0441. The fourth-order valence-electron chi connectivity index (χ4n) is 4.92. The highest BCUT2D eigenvalue weighted by molar-refractivity contribution is 5.95. The van der Waals surface area contributed by atoms with Crippen LogP contribution in [-0.2, 0) is 29.1 Å². The molecular weight excluding hydrogens is 402 g/mol. The number of nitrogens with zero attached hydrogens (tertiary/aromatic N) is 3. The molecule has 1 aromatic heterocycles. The van der Waals surface area contributed by atoms with Crippen molar-refractivity contribution in [2.24, 2.45) is 0 Å². The lowest BCUT2D eigenvalue weighted by molar-refractivity contribution is -0.160. The summed E-state index contributed by atoms with van der Waals surface area (Å²) in [7, 11) is 0. The van der Waals surface area contributed by atoms with Gasteiger partial charge in [-0.2, -0.15) is 0 Å². The predicted octanol–water partition coefficient (Wildman–Crippen LogP) is 3.36. The maximum absolute atomic E-state index is 13.3. The second kappa shape index (κ2) is 8.43. The third kappa shape index (κ3) is 3.79. The van der Waals surface area contributed by atoms with E-state index in [0.29, 0.717) is 19.6 Å². The van der Waals surface area contributed by atoms with Gasteiger partial charge in [0.15, 0.2) is 0 Å². The van der Waals surface area contributed by atoms with Crippen molar-refractivity contribution in [1.82, 2.24) is 14.7 Å². The van der Waals surface area contributed by atoms with Crippen molar-refractivity contribution < 1.29 is 14.0 Å². The summed E-state index contributed by atoms with van der Waals surface area (Å²) in [6.45, 7) is 7.41. The topological polar surface area (TPSA) is 57.0 Å². The van der Waals surface area contributed by atoms with Crippen molar-refractivity contribution in [3.63, 3.8) is 0 Å². The molecule has 3 heterocycles. The minimum Gasteiger partial charge on any atom is -0.461 e. The summed E-state index contributed by atoms with van der Waals surface area (Å²) >= 11 is 0. The molecule has 0 N–H and O–H groups in total. The highest BCUT2D eigenvalue weighted by Gasteiger charge is 2.42. The van der Waals surface area contributed by atoms with Crippen LogP contribution in [0.5, 0.6) is 0 Å². The lowest BCUT2D eigenvalue weighted by Crippen LogP contribution is -2.66. The number of benzene rings is 2. The molecule has 2 aliphatic rings. The Morgan fingerprint density at radius 1 is 1.00 bits per heavy atom. The molecule has 2 aliphatic heterocycles. The number of carbonyl (C=O) groups is 2. The average molecular weight is 432 g/mol. The molecular formula is C26H29N3O3. The molecule has 2 saturated heterocycles. The summed E-state index contributed by atoms with van der Waals surface area (Å²) in [6.07, 6.45) is 0.829. The van der Waals surface area contributed by atoms with Crippen molar-refractivity contribution in [2.75, 3.05) is 26.2 Å². The SMILES string of the molecule is CCc1oc2ccccc2c1CN1CCN2C(=O)CN(Cc3ccc(C)cc3)C(=O)C2C1. The van der Waals surface area contributed by atoms with Crippen LogP contribution in [-0.4, -0.2) is 58.7 Å². The molecule has 0 saturated carbocycles. The van der Waals surface area contributed by atoms with E-state index in [1.54, 1.807) is 9.80 Å². The first-order valence-electron chi connectivity index (χ1n) is 11.4. The van der Waals surface area contributed by atoms with Gasteiger partial charge in [0.2, 0.25) is 11.8 Å². The molecule has 5 rings (SSSR count). The summed E-state index contributed by atoms with van der Waals surface area (Å²) in [4.78, 5) is 32.0. The normalized spacial score (nSPS) is 19.6. The summed E-state index contributed by atoms with van der Waals surface area (Å²) in [6, 6.07) is 15.9. The van der Waals surface area contributed by atoms with Crippen molar-refractivity contribution in [1.29, 1.82) is 0 Å². The lowest BCUT2D eigenvalue weighted by Gasteiger charge is -2.46. The van der Waals surface area contributed by atoms with E-state index in [0.717, 1.165) is 41.8 Å². The minimum atomic E-state index is -0.418. The molecule has 1 atom stereocenters. The number of piperazine rings is 2. The number of furan rings is 1. The van der Waals surface area contributed by atoms with E-state index in [1.165, 1.54) is 11.1 Å². The van der Waals surface area contributed by atoms with E-state index >= 15 is 0 Å². The van der Waals surface area contributed by atoms with E-state index in [-0.39, 0.29) is 18.4 Å². The van der Waals surface area contributed by atoms with Crippen LogP contribution in [0.15, 0.2) is 52.9 Å². The quantitative estimate of drug-likeness (QED) is 0.622. The van der Waals surface area contributed by atoms with E-state index in [4.69, 9.17) is 4.42 Å². The summed E-state index contributed by atoms with van der Waals surface area (Å²) in [5.74, 6) is 1.09. The maximum Gasteiger partial charge on any atom is 0.247 e. The lowest BCUT2D eigenvalue weighted by atomic mass is 10.0. The summed E-state index contributed by atoms with van der Waals surface area (Å²) in [5, 5.41) is 1.14. The molecule has 32 heavy (non-hydrogen) atoms. The van der Waals surface area contributed by atoms with Crippen LogP contribution in [0.3, 0.4) is 0 Å². The Morgan fingerprint density at radius 2 is 1.78 bits per heavy atom. The van der Waals surface area contributed by atoms with E-state index in [9.17, 15) is 9.59 Å². The van der Waals surface area contributed by atoms with E-state index < -0.39 is 6.04 Å². The van der Waals surface area contributed by atoms with Crippen molar-refractivity contribution in [2.45, 2.75) is 39.4 Å². The fourth-order valence-corrected chi connectivity index (χ4v) is 4.92. The molecule has 0 aliphatic carbocycles. The molecule has 2 aromatic carbocycles. The van der Waals surface area contributed by atoms with Crippen molar-refractivity contribution in [3.8, 4) is 0 Å². The van der Waals surface area contributed by atoms with Gasteiger partial charge in [-0.1, -0.05) is 55.0 Å². The molecule has 3 aromatic rings. The molecule has 0 spiro atoms. The first kappa shape index (κ1) is 20.8. The van der Waals surface area contributed by atoms with Gasteiger partial charge < -0.3 is 14.2 Å². The zero-order valence-electron chi connectivity index (χ0n) is 18.7. The molecule has 0 radical (unpaired) electrons. The molecule has 1 unspecified atom stereocenters. The van der Waals surface area contributed by atoms with Gasteiger partial charge in [-0.05, 0) is 18.6 Å². The van der Waals surface area contributed by atoms with Gasteiger partial charge in [-0.3, -0.25) is 14.5 Å². The fraction of sp³-hybridized carbons (Fsp3) is 0.385. The largest absolute Gasteiger partial charge is 0.461 e. The number of hydrogen-bond acceptors (Lipinski definition) is 4. The number of carbonyl (C=O) groups excluding carboxylic acids is 2. The number of hydrogen-bond donors (Lipinski definition) is 0. The highest BCUT2D eigenvalue weighted by atomic mass is 16.3. The summed E-state index contributed by atoms with van der Waals surface area (Å²) in [5.41, 5.74) is 4.34. The summed E-state index contributed by atoms with van der Waals surface area (Å²) < 4.78 is 6.06. The number of aryl methyl sites for hydroxylation is 2. The Morgan fingerprint density at radius 3 is 2.56 bits per heavy atom. The van der Waals surface area contributed by atoms with Gasteiger partial charge in [0.25, 0.3) is 0 Å². The molecule has 2 amide bonds. The molecule has 6 heteroatoms. The Balaban J connectivity index is 1.34. The van der Waals surface area contributed by atoms with Gasteiger partial charge in [0.1, 0.15) is 23.9 Å². The molecule has 0 bridgehead atoms. The Kier molecular flexibility index (Phi) is 5.47. The van der Waals surface area contributed by atoms with E-state index in [2.05, 4.69) is 17.9 Å². The number of para-hydroxylation sites is 1. The molecule has 166 valence electrons. The molecule has 2 fully saturated rings. The predicted molar refractivity (Wildman–Crippen MR) is 123 cm³/mol. The van der Waals surface area contributed by atoms with Gasteiger partial charge in [0, 0.05) is 50.1 Å². The maximum atomic E-state index is 13.3. The highest BCUT2D eigenvalue weighted by Crippen LogP contribution is 2.29. The van der Waals surface area contributed by atoms with Crippen molar-refractivity contribution in [3.05, 3.63) is 71.0 Å². The third-order valence-corrected chi connectivity index (χ3v) is 6.69. The van der Waals surface area contributed by atoms with E-state index in [1.807, 2.05) is 49.4 Å². The number of amides is 2. The van der Waals surface area contributed by atoms with Crippen LogP contribution >= 0.6 is 0 Å². The first-order chi connectivity index (χ1) is 15.5. The third-order valence-electron chi connectivity index (χ3n) is 6.69. The number of rotatable bonds is 5. The average Bonchev–Trinajstić information content (AvgIpc) is 3.16. The standard InChI is InChI=1S/C26H29N3O3/c1-3-23-21(20-6-4-5-7-24(20)32-23)15-27-12-13-29-22(16-27)26(31)28(17-25(29)30)14-19-10-8-18(2)9-11-19/h4-11,22H,3,12-17H2,1-2H3. The van der Waals surface area contributed by atoms with Gasteiger partial charge >= 0.3 is 0 Å². The monoisotopic (exact) mass is 431 g/mol. The van der Waals surface area contributed by atoms with Crippen molar-refractivity contribution >= 4 is 22.8 Å².